The topological polar surface area (TPSA) is 95.9 Å². The van der Waals surface area contributed by atoms with Gasteiger partial charge >= 0.3 is 12.1 Å². The van der Waals surface area contributed by atoms with Crippen LogP contribution in [-0.4, -0.2) is 28.8 Å². The first-order valence-corrected chi connectivity index (χ1v) is 6.98. The number of benzene rings is 2. The maximum atomic E-state index is 11.7. The molecule has 1 unspecified atom stereocenters. The summed E-state index contributed by atoms with van der Waals surface area (Å²) < 4.78 is 4.99. The van der Waals surface area contributed by atoms with Gasteiger partial charge in [-0.25, -0.2) is 9.59 Å². The van der Waals surface area contributed by atoms with Crippen LogP contribution in [0.25, 0.3) is 0 Å². The van der Waals surface area contributed by atoms with Gasteiger partial charge in [-0.05, 0) is 11.1 Å². The zero-order valence-corrected chi connectivity index (χ0v) is 12.3. The van der Waals surface area contributed by atoms with Gasteiger partial charge in [0.25, 0.3) is 0 Å². The fraction of sp³-hybridized carbons (Fsp3) is 0.176. The third-order valence-electron chi connectivity index (χ3n) is 3.31. The van der Waals surface area contributed by atoms with Crippen molar-refractivity contribution in [1.29, 1.82) is 0 Å². The molecule has 0 spiro atoms. The number of carbonyl (C=O) groups excluding carboxylic acids is 1. The van der Waals surface area contributed by atoms with Gasteiger partial charge in [0.05, 0.1) is 6.54 Å². The Bertz CT molecular complexity index is 659. The summed E-state index contributed by atoms with van der Waals surface area (Å²) in [5.41, 5.74) is -1.23. The summed E-state index contributed by atoms with van der Waals surface area (Å²) in [7, 11) is 0. The zero-order valence-electron chi connectivity index (χ0n) is 12.3. The molecule has 1 amide bonds. The maximum Gasteiger partial charge on any atom is 0.407 e. The van der Waals surface area contributed by atoms with Crippen molar-refractivity contribution in [2.45, 2.75) is 12.2 Å². The van der Waals surface area contributed by atoms with Crippen molar-refractivity contribution in [2.75, 3.05) is 6.54 Å². The van der Waals surface area contributed by atoms with Crippen molar-refractivity contribution in [3.63, 3.8) is 0 Å². The molecule has 3 N–H and O–H groups in total. The van der Waals surface area contributed by atoms with Gasteiger partial charge in [-0.3, -0.25) is 0 Å². The minimum absolute atomic E-state index is 0.0590. The molecule has 0 aliphatic carbocycles. The minimum atomic E-state index is -2.22. The van der Waals surface area contributed by atoms with E-state index in [-0.39, 0.29) is 12.2 Å². The van der Waals surface area contributed by atoms with E-state index in [9.17, 15) is 19.8 Å². The Morgan fingerprint density at radius 1 is 1.00 bits per heavy atom. The van der Waals surface area contributed by atoms with Crippen LogP contribution in [0.3, 0.4) is 0 Å². The number of amides is 1. The average Bonchev–Trinajstić information content (AvgIpc) is 2.59. The van der Waals surface area contributed by atoms with E-state index in [0.29, 0.717) is 0 Å². The molecule has 1 atom stereocenters. The SMILES string of the molecule is O=C(NCC(O)(C(=O)O)c1ccccc1)OCc1ccccc1. The summed E-state index contributed by atoms with van der Waals surface area (Å²) in [6.07, 6.45) is -0.801. The van der Waals surface area contributed by atoms with E-state index in [2.05, 4.69) is 5.32 Å². The number of alkyl carbamates (subject to hydrolysis) is 1. The molecular weight excluding hydrogens is 298 g/mol. The minimum Gasteiger partial charge on any atom is -0.479 e. The van der Waals surface area contributed by atoms with Crippen molar-refractivity contribution >= 4 is 12.1 Å². The van der Waals surface area contributed by atoms with Gasteiger partial charge < -0.3 is 20.3 Å². The normalized spacial score (nSPS) is 12.9. The summed E-state index contributed by atoms with van der Waals surface area (Å²) in [6.45, 7) is -0.441. The monoisotopic (exact) mass is 315 g/mol. The van der Waals surface area contributed by atoms with Crippen molar-refractivity contribution < 1.29 is 24.5 Å². The molecule has 0 fully saturated rings. The third-order valence-corrected chi connectivity index (χ3v) is 3.31. The molecule has 0 bridgehead atoms. The molecule has 6 heteroatoms. The van der Waals surface area contributed by atoms with Crippen LogP contribution in [0.4, 0.5) is 4.79 Å². The van der Waals surface area contributed by atoms with Crippen LogP contribution < -0.4 is 5.32 Å². The van der Waals surface area contributed by atoms with Crippen LogP contribution in [-0.2, 0) is 21.7 Å². The fourth-order valence-corrected chi connectivity index (χ4v) is 1.99. The summed E-state index contributed by atoms with van der Waals surface area (Å²) in [5.74, 6) is -1.45. The van der Waals surface area contributed by atoms with Crippen molar-refractivity contribution in [1.82, 2.24) is 5.32 Å². The molecule has 23 heavy (non-hydrogen) atoms. The predicted octanol–water partition coefficient (Wildman–Crippen LogP) is 1.89. The number of nitrogens with one attached hydrogen (secondary N) is 1. The van der Waals surface area contributed by atoms with E-state index in [1.54, 1.807) is 30.3 Å². The van der Waals surface area contributed by atoms with Crippen LogP contribution in [0.15, 0.2) is 60.7 Å². The van der Waals surface area contributed by atoms with Crippen molar-refractivity contribution in [2.24, 2.45) is 0 Å². The highest BCUT2D eigenvalue weighted by Gasteiger charge is 2.38. The third kappa shape index (κ3) is 4.31. The number of ether oxygens (including phenoxy) is 1. The smallest absolute Gasteiger partial charge is 0.407 e. The molecule has 2 aromatic rings. The molecule has 0 saturated heterocycles. The van der Waals surface area contributed by atoms with Gasteiger partial charge in [-0.2, -0.15) is 0 Å². The number of carboxylic acid groups (broad SMARTS) is 1. The number of carbonyl (C=O) groups is 2. The van der Waals surface area contributed by atoms with Crippen LogP contribution in [0, 0.1) is 0 Å². The van der Waals surface area contributed by atoms with E-state index in [0.717, 1.165) is 5.56 Å². The Balaban J connectivity index is 1.94. The van der Waals surface area contributed by atoms with Crippen LogP contribution in [0.2, 0.25) is 0 Å². The maximum absolute atomic E-state index is 11.7. The van der Waals surface area contributed by atoms with Crippen molar-refractivity contribution in [3.8, 4) is 0 Å². The largest absolute Gasteiger partial charge is 0.479 e. The van der Waals surface area contributed by atoms with Gasteiger partial charge in [0, 0.05) is 0 Å². The number of aliphatic hydroxyl groups is 1. The number of hydrogen-bond acceptors (Lipinski definition) is 4. The van der Waals surface area contributed by atoms with E-state index < -0.39 is 24.2 Å². The highest BCUT2D eigenvalue weighted by atomic mass is 16.5. The lowest BCUT2D eigenvalue weighted by Gasteiger charge is -2.24. The Labute approximate surface area is 133 Å². The van der Waals surface area contributed by atoms with Crippen LogP contribution in [0.1, 0.15) is 11.1 Å². The number of rotatable bonds is 6. The molecule has 0 aromatic heterocycles. The molecule has 0 aliphatic rings. The van der Waals surface area contributed by atoms with E-state index >= 15 is 0 Å². The molecule has 0 radical (unpaired) electrons. The van der Waals surface area contributed by atoms with E-state index in [1.807, 2.05) is 18.2 Å². The van der Waals surface area contributed by atoms with Crippen LogP contribution >= 0.6 is 0 Å². The summed E-state index contributed by atoms with van der Waals surface area (Å²) in [6, 6.07) is 16.9. The van der Waals surface area contributed by atoms with Gasteiger partial charge in [0.15, 0.2) is 0 Å². The highest BCUT2D eigenvalue weighted by Crippen LogP contribution is 2.20. The number of hydrogen-bond donors (Lipinski definition) is 3. The lowest BCUT2D eigenvalue weighted by atomic mass is 9.94. The Hall–Kier alpha value is -2.86. The second kappa shape index (κ2) is 7.42. The molecule has 0 aliphatic heterocycles. The molecule has 2 rings (SSSR count). The summed E-state index contributed by atoms with van der Waals surface area (Å²) in [5, 5.41) is 21.9. The first kappa shape index (κ1) is 16.5. The molecular formula is C17H17NO5. The first-order valence-electron chi connectivity index (χ1n) is 6.98. The quantitative estimate of drug-likeness (QED) is 0.756. The predicted molar refractivity (Wildman–Crippen MR) is 82.6 cm³/mol. The summed E-state index contributed by atoms with van der Waals surface area (Å²) in [4.78, 5) is 23.1. The van der Waals surface area contributed by atoms with Crippen LogP contribution in [0.5, 0.6) is 0 Å². The molecule has 6 nitrogen and oxygen atoms in total. The highest BCUT2D eigenvalue weighted by molar-refractivity contribution is 5.80. The lowest BCUT2D eigenvalue weighted by Crippen LogP contribution is -2.46. The standard InChI is InChI=1S/C17H17NO5/c19-15(20)17(22,14-9-5-2-6-10-14)12-18-16(21)23-11-13-7-3-1-4-8-13/h1-10,22H,11-12H2,(H,18,21)(H,19,20). The first-order chi connectivity index (χ1) is 11.0. The van der Waals surface area contributed by atoms with Gasteiger partial charge in [-0.1, -0.05) is 60.7 Å². The van der Waals surface area contributed by atoms with Crippen molar-refractivity contribution in [3.05, 3.63) is 71.8 Å². The second-order valence-corrected chi connectivity index (χ2v) is 4.95. The second-order valence-electron chi connectivity index (χ2n) is 4.95. The summed E-state index contributed by atoms with van der Waals surface area (Å²) >= 11 is 0. The number of carboxylic acids is 1. The zero-order chi connectivity index (χ0) is 16.7. The van der Waals surface area contributed by atoms with E-state index in [1.165, 1.54) is 12.1 Å². The average molecular weight is 315 g/mol. The molecule has 2 aromatic carbocycles. The molecule has 0 saturated carbocycles. The Kier molecular flexibility index (Phi) is 5.32. The fourth-order valence-electron chi connectivity index (χ4n) is 1.99. The van der Waals surface area contributed by atoms with Gasteiger partial charge in [-0.15, -0.1) is 0 Å². The lowest BCUT2D eigenvalue weighted by molar-refractivity contribution is -0.159. The van der Waals surface area contributed by atoms with Gasteiger partial charge in [0.1, 0.15) is 6.61 Å². The van der Waals surface area contributed by atoms with E-state index in [4.69, 9.17) is 4.74 Å². The van der Waals surface area contributed by atoms with Gasteiger partial charge in [0.2, 0.25) is 5.60 Å². The molecule has 0 heterocycles. The Morgan fingerprint density at radius 2 is 1.57 bits per heavy atom. The molecule has 120 valence electrons. The Morgan fingerprint density at radius 3 is 2.13 bits per heavy atom. The number of aliphatic carboxylic acids is 1.